The average molecular weight is 465 g/mol. The third kappa shape index (κ3) is 6.48. The Kier molecular flexibility index (Phi) is 9.28. The van der Waals surface area contributed by atoms with Crippen LogP contribution in [0.4, 0.5) is 0 Å². The molecule has 0 heterocycles. The van der Waals surface area contributed by atoms with Crippen molar-refractivity contribution in [1.82, 2.24) is 0 Å². The van der Waals surface area contributed by atoms with Crippen molar-refractivity contribution >= 4 is 0 Å². The van der Waals surface area contributed by atoms with E-state index in [2.05, 4.69) is 97.1 Å². The SMILES string of the molecule is OCCCc1ccccc1-c1ccccc1CCCc1ccccc1-c1ccccc1CCCO. The fourth-order valence-electron chi connectivity index (χ4n) is 5.01. The van der Waals surface area contributed by atoms with Crippen LogP contribution in [0.1, 0.15) is 41.5 Å². The lowest BCUT2D eigenvalue weighted by molar-refractivity contribution is 0.288. The van der Waals surface area contributed by atoms with Crippen molar-refractivity contribution in [3.05, 3.63) is 119 Å². The first-order chi connectivity index (χ1) is 17.3. The highest BCUT2D eigenvalue weighted by Crippen LogP contribution is 2.31. The summed E-state index contributed by atoms with van der Waals surface area (Å²) >= 11 is 0. The number of rotatable bonds is 12. The Balaban J connectivity index is 1.53. The van der Waals surface area contributed by atoms with Crippen LogP contribution in [-0.2, 0) is 25.7 Å². The van der Waals surface area contributed by atoms with Gasteiger partial charge in [-0.3, -0.25) is 0 Å². The van der Waals surface area contributed by atoms with E-state index >= 15 is 0 Å². The van der Waals surface area contributed by atoms with Crippen LogP contribution in [0.5, 0.6) is 0 Å². The van der Waals surface area contributed by atoms with Crippen molar-refractivity contribution in [3.8, 4) is 22.3 Å². The molecule has 180 valence electrons. The summed E-state index contributed by atoms with van der Waals surface area (Å²) in [4.78, 5) is 0. The van der Waals surface area contributed by atoms with E-state index in [1.54, 1.807) is 0 Å². The molecular weight excluding hydrogens is 428 g/mol. The van der Waals surface area contributed by atoms with E-state index in [9.17, 15) is 10.2 Å². The zero-order valence-corrected chi connectivity index (χ0v) is 20.5. The maximum atomic E-state index is 9.32. The minimum Gasteiger partial charge on any atom is -0.396 e. The second kappa shape index (κ2) is 13.0. The van der Waals surface area contributed by atoms with Gasteiger partial charge in [-0.15, -0.1) is 0 Å². The van der Waals surface area contributed by atoms with Gasteiger partial charge >= 0.3 is 0 Å². The van der Waals surface area contributed by atoms with Crippen LogP contribution in [0.25, 0.3) is 22.3 Å². The van der Waals surface area contributed by atoms with Gasteiger partial charge < -0.3 is 10.2 Å². The van der Waals surface area contributed by atoms with E-state index in [1.807, 2.05) is 0 Å². The second-order valence-corrected chi connectivity index (χ2v) is 9.14. The number of aliphatic hydroxyl groups excluding tert-OH is 2. The topological polar surface area (TPSA) is 40.5 Å². The summed E-state index contributed by atoms with van der Waals surface area (Å²) in [6, 6.07) is 34.7. The maximum absolute atomic E-state index is 9.32. The quantitative estimate of drug-likeness (QED) is 0.236. The van der Waals surface area contributed by atoms with E-state index in [4.69, 9.17) is 0 Å². The molecule has 35 heavy (non-hydrogen) atoms. The zero-order chi connectivity index (χ0) is 24.3. The molecule has 0 radical (unpaired) electrons. The fourth-order valence-corrected chi connectivity index (χ4v) is 5.01. The van der Waals surface area contributed by atoms with Crippen molar-refractivity contribution in [3.63, 3.8) is 0 Å². The third-order valence-corrected chi connectivity index (χ3v) is 6.75. The fraction of sp³-hybridized carbons (Fsp3) is 0.273. The summed E-state index contributed by atoms with van der Waals surface area (Å²) < 4.78 is 0. The van der Waals surface area contributed by atoms with Gasteiger partial charge in [0.25, 0.3) is 0 Å². The maximum Gasteiger partial charge on any atom is 0.0434 e. The molecule has 4 rings (SSSR count). The summed E-state index contributed by atoms with van der Waals surface area (Å²) in [7, 11) is 0. The third-order valence-electron chi connectivity index (χ3n) is 6.75. The molecule has 0 aliphatic carbocycles. The molecule has 0 aromatic heterocycles. The Bertz CT molecular complexity index is 1120. The van der Waals surface area contributed by atoms with Gasteiger partial charge in [0, 0.05) is 13.2 Å². The van der Waals surface area contributed by atoms with E-state index < -0.39 is 0 Å². The van der Waals surface area contributed by atoms with E-state index in [1.165, 1.54) is 44.5 Å². The summed E-state index contributed by atoms with van der Waals surface area (Å²) in [5, 5.41) is 18.6. The number of hydrogen-bond donors (Lipinski definition) is 2. The van der Waals surface area contributed by atoms with Gasteiger partial charge in [-0.2, -0.15) is 0 Å². The molecule has 0 saturated heterocycles. The van der Waals surface area contributed by atoms with Crippen LogP contribution in [0.2, 0.25) is 0 Å². The number of benzene rings is 4. The highest BCUT2D eigenvalue weighted by Gasteiger charge is 2.11. The molecule has 4 aromatic carbocycles. The van der Waals surface area contributed by atoms with Crippen molar-refractivity contribution in [2.45, 2.75) is 44.9 Å². The predicted molar refractivity (Wildman–Crippen MR) is 147 cm³/mol. The standard InChI is InChI=1S/C33H36O2/c34-24-10-18-28-14-3-7-22-32(28)30-20-5-1-12-26(30)16-9-17-27-13-2-6-21-31(27)33-23-8-4-15-29(33)19-11-25-35/h1-8,12-15,20-23,34-35H,9-11,16-19,24-25H2. The van der Waals surface area contributed by atoms with Gasteiger partial charge in [-0.1, -0.05) is 97.1 Å². The number of aryl methyl sites for hydroxylation is 4. The molecule has 4 aromatic rings. The van der Waals surface area contributed by atoms with E-state index in [0.29, 0.717) is 0 Å². The first kappa shape index (κ1) is 24.9. The minimum atomic E-state index is 0.221. The van der Waals surface area contributed by atoms with Crippen LogP contribution < -0.4 is 0 Å². The lowest BCUT2D eigenvalue weighted by Gasteiger charge is -2.16. The van der Waals surface area contributed by atoms with Crippen molar-refractivity contribution in [2.24, 2.45) is 0 Å². The van der Waals surface area contributed by atoms with E-state index in [0.717, 1.165) is 44.9 Å². The van der Waals surface area contributed by atoms with Gasteiger partial charge in [0.05, 0.1) is 0 Å². The average Bonchev–Trinajstić information content (AvgIpc) is 2.92. The molecule has 0 amide bonds. The summed E-state index contributed by atoms with van der Waals surface area (Å²) in [5.41, 5.74) is 10.6. The van der Waals surface area contributed by atoms with Crippen LogP contribution in [0.3, 0.4) is 0 Å². The van der Waals surface area contributed by atoms with Gasteiger partial charge in [-0.05, 0) is 89.5 Å². The Morgan fingerprint density at radius 2 is 0.600 bits per heavy atom. The Labute approximate surface area is 209 Å². The van der Waals surface area contributed by atoms with Crippen LogP contribution in [-0.4, -0.2) is 23.4 Å². The molecule has 0 atom stereocenters. The lowest BCUT2D eigenvalue weighted by Crippen LogP contribution is -1.99. The molecule has 0 fully saturated rings. The van der Waals surface area contributed by atoms with Gasteiger partial charge in [0.1, 0.15) is 0 Å². The molecule has 0 aliphatic heterocycles. The zero-order valence-electron chi connectivity index (χ0n) is 20.5. The molecule has 0 saturated carbocycles. The second-order valence-electron chi connectivity index (χ2n) is 9.14. The highest BCUT2D eigenvalue weighted by atomic mass is 16.3. The molecule has 0 unspecified atom stereocenters. The Morgan fingerprint density at radius 1 is 0.343 bits per heavy atom. The molecule has 0 spiro atoms. The Hall–Kier alpha value is -3.20. The normalized spacial score (nSPS) is 11.0. The highest BCUT2D eigenvalue weighted by molar-refractivity contribution is 5.72. The minimum absolute atomic E-state index is 0.221. The van der Waals surface area contributed by atoms with Gasteiger partial charge in [0.15, 0.2) is 0 Å². The molecule has 0 aliphatic rings. The van der Waals surface area contributed by atoms with Gasteiger partial charge in [-0.25, -0.2) is 0 Å². The molecule has 2 N–H and O–H groups in total. The molecule has 2 heteroatoms. The number of aliphatic hydroxyl groups is 2. The van der Waals surface area contributed by atoms with Crippen LogP contribution in [0, 0.1) is 0 Å². The monoisotopic (exact) mass is 464 g/mol. The van der Waals surface area contributed by atoms with Crippen molar-refractivity contribution in [1.29, 1.82) is 0 Å². The van der Waals surface area contributed by atoms with Crippen LogP contribution >= 0.6 is 0 Å². The predicted octanol–water partition coefficient (Wildman–Crippen LogP) is 7.05. The smallest absolute Gasteiger partial charge is 0.0434 e. The molecule has 2 nitrogen and oxygen atoms in total. The largest absolute Gasteiger partial charge is 0.396 e. The first-order valence-corrected chi connectivity index (χ1v) is 12.9. The van der Waals surface area contributed by atoms with Crippen molar-refractivity contribution in [2.75, 3.05) is 13.2 Å². The number of hydrogen-bond acceptors (Lipinski definition) is 2. The van der Waals surface area contributed by atoms with Crippen LogP contribution in [0.15, 0.2) is 97.1 Å². The Morgan fingerprint density at radius 3 is 0.886 bits per heavy atom. The lowest BCUT2D eigenvalue weighted by atomic mass is 9.89. The summed E-state index contributed by atoms with van der Waals surface area (Å²) in [5.74, 6) is 0. The van der Waals surface area contributed by atoms with Gasteiger partial charge in [0.2, 0.25) is 0 Å². The van der Waals surface area contributed by atoms with E-state index in [-0.39, 0.29) is 13.2 Å². The summed E-state index contributed by atoms with van der Waals surface area (Å²) in [6.07, 6.45) is 6.47. The summed E-state index contributed by atoms with van der Waals surface area (Å²) in [6.45, 7) is 0.442. The molecule has 0 bridgehead atoms. The first-order valence-electron chi connectivity index (χ1n) is 12.9. The molecular formula is C33H36O2. The van der Waals surface area contributed by atoms with Crippen molar-refractivity contribution < 1.29 is 10.2 Å².